The maximum absolute atomic E-state index is 17.0. The van der Waals surface area contributed by atoms with Crippen molar-refractivity contribution in [1.29, 1.82) is 0 Å². The van der Waals surface area contributed by atoms with Crippen LogP contribution >= 0.6 is 22.9 Å². The minimum atomic E-state index is -4.31. The number of nitrogens with one attached hydrogen (secondary N) is 2. The Morgan fingerprint density at radius 1 is 1.07 bits per heavy atom. The molecule has 8 heterocycles. The van der Waals surface area contributed by atoms with E-state index in [2.05, 4.69) is 10.7 Å². The molecule has 4 saturated heterocycles. The number of anilines is 1. The van der Waals surface area contributed by atoms with E-state index in [0.717, 1.165) is 22.3 Å². The van der Waals surface area contributed by atoms with E-state index in [1.54, 1.807) is 34.6 Å². The molecule has 76 heavy (non-hydrogen) atoms. The van der Waals surface area contributed by atoms with Gasteiger partial charge in [0, 0.05) is 106 Å². The van der Waals surface area contributed by atoms with E-state index >= 15 is 4.39 Å². The van der Waals surface area contributed by atoms with Crippen LogP contribution in [0.1, 0.15) is 83.2 Å². The Morgan fingerprint density at radius 3 is 2.47 bits per heavy atom. The number of methoxy groups -OCH3 is 1. The summed E-state index contributed by atoms with van der Waals surface area (Å²) in [6.45, 7) is 13.4. The van der Waals surface area contributed by atoms with Gasteiger partial charge >= 0.3 is 12.1 Å². The summed E-state index contributed by atoms with van der Waals surface area (Å²) in [4.78, 5) is 59.6. The number of ether oxygens (including phenoxy) is 2. The molecular weight excluding hydrogens is 1040 g/mol. The molecule has 0 saturated carbocycles. The third-order valence-corrected chi connectivity index (χ3v) is 16.8. The first-order chi connectivity index (χ1) is 36.0. The highest BCUT2D eigenvalue weighted by Crippen LogP contribution is 2.45. The molecule has 3 N–H and O–H groups in total. The number of cyclic esters (lactones) is 1. The summed E-state index contributed by atoms with van der Waals surface area (Å²) in [5, 5.41) is 19.8. The maximum atomic E-state index is 17.0. The van der Waals surface area contributed by atoms with Crippen LogP contribution in [0, 0.1) is 22.6 Å². The lowest BCUT2D eigenvalue weighted by atomic mass is 9.78. The van der Waals surface area contributed by atoms with Gasteiger partial charge in [-0.3, -0.25) is 29.2 Å². The van der Waals surface area contributed by atoms with Crippen LogP contribution in [0.2, 0.25) is 0 Å². The van der Waals surface area contributed by atoms with E-state index in [9.17, 15) is 37.1 Å². The van der Waals surface area contributed by atoms with Gasteiger partial charge in [0.15, 0.2) is 5.63 Å². The van der Waals surface area contributed by atoms with Gasteiger partial charge in [-0.15, -0.1) is 11.3 Å². The highest BCUT2D eigenvalue weighted by atomic mass is 35.5. The van der Waals surface area contributed by atoms with Gasteiger partial charge in [0.2, 0.25) is 11.8 Å². The predicted molar refractivity (Wildman–Crippen MR) is 280 cm³/mol. The molecular formula is C53H70ClF5N10O6S. The third-order valence-electron chi connectivity index (χ3n) is 15.8. The average Bonchev–Trinajstić information content (AvgIpc) is 4.05. The van der Waals surface area contributed by atoms with Crippen LogP contribution in [0.25, 0.3) is 33.4 Å². The quantitative estimate of drug-likeness (QED) is 0.0764. The monoisotopic (exact) mass is 1100 g/mol. The number of alkyl halides is 5. The second kappa shape index (κ2) is 22.3. The van der Waals surface area contributed by atoms with Crippen LogP contribution in [0.4, 0.5) is 27.6 Å². The molecule has 16 nitrogen and oxygen atoms in total. The Labute approximate surface area is 449 Å². The lowest BCUT2D eigenvalue weighted by Crippen LogP contribution is -2.65. The lowest BCUT2D eigenvalue weighted by Gasteiger charge is -2.47. The fourth-order valence-corrected chi connectivity index (χ4v) is 13.0. The summed E-state index contributed by atoms with van der Waals surface area (Å²) in [5.74, 6) is -2.05. The normalized spacial score (nSPS) is 24.9. The number of aliphatic hydroxyl groups excluding tert-OH is 1. The summed E-state index contributed by atoms with van der Waals surface area (Å²) < 4.78 is 84.8. The Hall–Kier alpha value is -4.55. The number of piperazine rings is 1. The van der Waals surface area contributed by atoms with E-state index in [0.29, 0.717) is 99.0 Å². The zero-order valence-electron chi connectivity index (χ0n) is 44.2. The smallest absolute Gasteiger partial charge is 0.401 e. The number of aryl methyl sites for hydroxylation is 1. The van der Waals surface area contributed by atoms with E-state index in [1.165, 1.54) is 27.3 Å². The number of fused-ring (bicyclic) bond motifs is 6. The number of aliphatic hydroxyl groups is 1. The molecule has 5 aliphatic rings. The topological polar surface area (TPSA) is 161 Å². The molecule has 0 aliphatic carbocycles. The molecule has 9 rings (SSSR count). The predicted octanol–water partition coefficient (Wildman–Crippen LogP) is 6.91. The number of rotatable bonds is 12. The van der Waals surface area contributed by atoms with Crippen LogP contribution < -0.4 is 15.6 Å². The highest BCUT2D eigenvalue weighted by Gasteiger charge is 2.57. The minimum Gasteiger partial charge on any atom is -0.464 e. The first-order valence-electron chi connectivity index (χ1n) is 26.3. The van der Waals surface area contributed by atoms with Gasteiger partial charge in [0.1, 0.15) is 24.1 Å². The fourth-order valence-electron chi connectivity index (χ4n) is 12.0. The maximum Gasteiger partial charge on any atom is 0.401 e. The Kier molecular flexibility index (Phi) is 16.5. The molecule has 416 valence electrons. The molecule has 4 fully saturated rings. The van der Waals surface area contributed by atoms with Gasteiger partial charge in [-0.25, -0.2) is 24.2 Å². The van der Waals surface area contributed by atoms with Crippen molar-refractivity contribution in [1.82, 2.24) is 45.0 Å². The van der Waals surface area contributed by atoms with Crippen LogP contribution in [-0.4, -0.2) is 172 Å². The van der Waals surface area contributed by atoms with E-state index in [4.69, 9.17) is 31.0 Å². The zero-order chi connectivity index (χ0) is 54.6. The molecule has 5 aliphatic heterocycles. The number of esters is 1. The van der Waals surface area contributed by atoms with Gasteiger partial charge in [-0.2, -0.15) is 13.2 Å². The average molecular weight is 1110 g/mol. The number of pyridine rings is 1. The zero-order valence-corrected chi connectivity index (χ0v) is 45.8. The Balaban J connectivity index is 1.10. The van der Waals surface area contributed by atoms with Gasteiger partial charge in [-0.05, 0) is 69.2 Å². The first-order valence-corrected chi connectivity index (χ1v) is 27.7. The molecule has 3 aromatic heterocycles. The van der Waals surface area contributed by atoms with Gasteiger partial charge in [0.25, 0.3) is 0 Å². The number of amides is 2. The summed E-state index contributed by atoms with van der Waals surface area (Å²) in [6, 6.07) is 2.53. The second-order valence-corrected chi connectivity index (χ2v) is 23.8. The van der Waals surface area contributed by atoms with Crippen LogP contribution in [0.3, 0.4) is 0 Å². The molecule has 1 aromatic carbocycles. The largest absolute Gasteiger partial charge is 0.464 e. The number of likely N-dealkylation sites (tertiary alicyclic amines) is 2. The van der Waals surface area contributed by atoms with Gasteiger partial charge in [-0.1, -0.05) is 39.3 Å². The number of carbonyl (C=O) groups excluding carboxylic acids is 3. The third kappa shape index (κ3) is 11.6. The fraction of sp³-hybridized carbons (Fsp3) is 0.642. The number of carbonyl (C=O) groups is 3. The minimum absolute atomic E-state index is 0.00496. The van der Waals surface area contributed by atoms with Crippen molar-refractivity contribution in [3.63, 3.8) is 0 Å². The van der Waals surface area contributed by atoms with Crippen LogP contribution in [0.5, 0.6) is 0 Å². The van der Waals surface area contributed by atoms with Crippen LogP contribution in [-0.2, 0) is 43.2 Å². The molecule has 1 spiro atoms. The number of hydrogen-bond acceptors (Lipinski definition) is 14. The van der Waals surface area contributed by atoms with E-state index in [1.807, 2.05) is 57.1 Å². The summed E-state index contributed by atoms with van der Waals surface area (Å²) in [5.41, 5.74) is 4.99. The van der Waals surface area contributed by atoms with Crippen molar-refractivity contribution in [2.75, 3.05) is 84.1 Å². The standard InChI is InChI=1S/C53H70ClF5N10O6S/c1-8-67-41-20-37(55)34-19-33(41)36(46(67)35-18-32(23-60-44(35)31(4)74-7)66-16-14-64(15-17-66)28-53(57,58)59)22-51(5,6)29-75-49(72)38-10-9-12-69(63-38)48(71)39(21-43-61-40(34)25-76-43)62-47(70)45(30(2)3)68-13-11-52(50(68)73)26-65(27-52)24-42(54)56/h18-20,23,25,30-31,38-39,42,45,48,63,71H,8-17,21-22,24,26-29H2,1-7H3,(H,62,70)/t31-,38-,39-,42-,45-,48?/m0/s1. The number of nitrogens with zero attached hydrogens (tertiary/aromatic N) is 8. The molecule has 0 radical (unpaired) electrons. The molecule has 4 aromatic rings. The molecule has 6 bridgehead atoms. The number of hydrazine groups is 1. The van der Waals surface area contributed by atoms with Crippen molar-refractivity contribution in [3.05, 3.63) is 51.9 Å². The van der Waals surface area contributed by atoms with Crippen molar-refractivity contribution in [2.45, 2.75) is 122 Å². The number of thiazole rings is 1. The van der Waals surface area contributed by atoms with E-state index in [-0.39, 0.29) is 50.1 Å². The Bertz CT molecular complexity index is 2780. The summed E-state index contributed by atoms with van der Waals surface area (Å²) in [6.07, 6.45) is -2.68. The highest BCUT2D eigenvalue weighted by molar-refractivity contribution is 7.10. The van der Waals surface area contributed by atoms with Crippen molar-refractivity contribution in [2.24, 2.45) is 16.7 Å². The molecule has 7 atom stereocenters. The SMILES string of the molecule is CCn1c(-c2cc(N3CCN(CC(F)(F)F)CC3)cnc2[C@H](C)OC)c2c3cc(c(F)cc31)-c1csc(n1)C[C@H](NC(=O)[C@H](C(C)C)N1CCC3(CN(C[C@H](F)Cl)C3)C1=O)C(O)N1CCC[C@H](N1)C(=O)OCC(C)(C)C2. The van der Waals surface area contributed by atoms with Crippen LogP contribution in [0.15, 0.2) is 29.8 Å². The van der Waals surface area contributed by atoms with E-state index < -0.39 is 77.3 Å². The first kappa shape index (κ1) is 56.2. The van der Waals surface area contributed by atoms with Gasteiger partial charge < -0.3 is 34.3 Å². The lowest BCUT2D eigenvalue weighted by molar-refractivity contribution is -0.157. The summed E-state index contributed by atoms with van der Waals surface area (Å²) in [7, 11) is 1.59. The molecule has 2 unspecified atom stereocenters. The molecule has 23 heteroatoms. The number of aromatic nitrogens is 3. The number of hydrogen-bond donors (Lipinski definition) is 3. The second-order valence-electron chi connectivity index (χ2n) is 22.4. The van der Waals surface area contributed by atoms with Crippen molar-refractivity contribution < 1.29 is 50.9 Å². The Morgan fingerprint density at radius 2 is 1.80 bits per heavy atom. The molecule has 2 amide bonds. The summed E-state index contributed by atoms with van der Waals surface area (Å²) >= 11 is 6.86. The van der Waals surface area contributed by atoms with Crippen molar-refractivity contribution in [3.8, 4) is 22.5 Å². The number of benzene rings is 1. The van der Waals surface area contributed by atoms with Gasteiger partial charge in [0.05, 0.1) is 70.2 Å². The number of halogens is 6. The van der Waals surface area contributed by atoms with Crippen molar-refractivity contribution >= 4 is 57.3 Å².